The predicted molar refractivity (Wildman–Crippen MR) is 119 cm³/mol. The zero-order valence-electron chi connectivity index (χ0n) is 16.5. The average Bonchev–Trinajstić information content (AvgIpc) is 3.01. The van der Waals surface area contributed by atoms with Gasteiger partial charge in [-0.1, -0.05) is 39.7 Å². The van der Waals surface area contributed by atoms with Gasteiger partial charge in [-0.3, -0.25) is 19.5 Å². The normalized spacial score (nSPS) is 18.1. The van der Waals surface area contributed by atoms with Gasteiger partial charge in [0.2, 0.25) is 0 Å². The van der Waals surface area contributed by atoms with E-state index in [1.165, 1.54) is 4.90 Å². The molecule has 150 valence electrons. The van der Waals surface area contributed by atoms with Crippen LogP contribution in [0.1, 0.15) is 28.3 Å². The molecule has 0 radical (unpaired) electrons. The van der Waals surface area contributed by atoms with E-state index in [4.69, 9.17) is 0 Å². The second kappa shape index (κ2) is 7.88. The number of hydrogen-bond donors (Lipinski definition) is 1. The van der Waals surface area contributed by atoms with Crippen LogP contribution >= 0.6 is 15.9 Å². The van der Waals surface area contributed by atoms with Crippen molar-refractivity contribution in [2.75, 3.05) is 4.90 Å². The van der Waals surface area contributed by atoms with Crippen molar-refractivity contribution in [3.63, 3.8) is 0 Å². The largest absolute Gasteiger partial charge is 0.507 e. The summed E-state index contributed by atoms with van der Waals surface area (Å²) in [6, 6.07) is 15.6. The highest BCUT2D eigenvalue weighted by Crippen LogP contribution is 2.42. The highest BCUT2D eigenvalue weighted by molar-refractivity contribution is 9.10. The fourth-order valence-corrected chi connectivity index (χ4v) is 4.11. The molecule has 30 heavy (non-hydrogen) atoms. The number of benzene rings is 2. The summed E-state index contributed by atoms with van der Waals surface area (Å²) in [4.78, 5) is 31.7. The molecule has 0 aliphatic carbocycles. The van der Waals surface area contributed by atoms with Gasteiger partial charge in [0.05, 0.1) is 11.6 Å². The Balaban J connectivity index is 1.98. The number of carbonyl (C=O) groups is 2. The first-order chi connectivity index (χ1) is 14.4. The molecule has 0 saturated carbocycles. The van der Waals surface area contributed by atoms with Crippen molar-refractivity contribution in [1.82, 2.24) is 4.98 Å². The van der Waals surface area contributed by atoms with E-state index in [9.17, 15) is 14.7 Å². The number of aromatic nitrogens is 1. The van der Waals surface area contributed by atoms with Crippen molar-refractivity contribution in [3.8, 4) is 0 Å². The molecular formula is C24H19BrN2O3. The van der Waals surface area contributed by atoms with Crippen LogP contribution < -0.4 is 4.90 Å². The van der Waals surface area contributed by atoms with Gasteiger partial charge >= 0.3 is 0 Å². The molecule has 1 unspecified atom stereocenters. The third-order valence-electron chi connectivity index (χ3n) is 5.20. The van der Waals surface area contributed by atoms with Crippen LogP contribution in [0.3, 0.4) is 0 Å². The SMILES string of the molecule is Cc1ccc(C)c(/C(O)=C2\C(=O)C(=O)N(c3cccc(Br)c3)C2c2ccncc2)c1. The van der Waals surface area contributed by atoms with Gasteiger partial charge in [0.1, 0.15) is 5.76 Å². The lowest BCUT2D eigenvalue weighted by Gasteiger charge is -2.25. The first-order valence-corrected chi connectivity index (χ1v) is 10.2. The summed E-state index contributed by atoms with van der Waals surface area (Å²) < 4.78 is 0.782. The molecule has 2 heterocycles. The zero-order valence-corrected chi connectivity index (χ0v) is 18.1. The highest BCUT2D eigenvalue weighted by atomic mass is 79.9. The zero-order chi connectivity index (χ0) is 21.4. The Morgan fingerprint density at radius 3 is 2.47 bits per heavy atom. The molecule has 5 nitrogen and oxygen atoms in total. The van der Waals surface area contributed by atoms with Crippen molar-refractivity contribution in [2.45, 2.75) is 19.9 Å². The van der Waals surface area contributed by atoms with E-state index in [1.54, 1.807) is 42.7 Å². The van der Waals surface area contributed by atoms with Gasteiger partial charge in [-0.2, -0.15) is 0 Å². The second-order valence-corrected chi connectivity index (χ2v) is 8.16. The molecule has 3 aromatic rings. The van der Waals surface area contributed by atoms with Crippen LogP contribution in [0.2, 0.25) is 0 Å². The van der Waals surface area contributed by atoms with E-state index >= 15 is 0 Å². The van der Waals surface area contributed by atoms with E-state index in [1.807, 2.05) is 38.1 Å². The molecular weight excluding hydrogens is 444 g/mol. The number of aliphatic hydroxyl groups is 1. The van der Waals surface area contributed by atoms with Crippen LogP contribution in [0.4, 0.5) is 5.69 Å². The van der Waals surface area contributed by atoms with Gasteiger partial charge in [0, 0.05) is 28.1 Å². The van der Waals surface area contributed by atoms with Crippen LogP contribution in [-0.4, -0.2) is 21.8 Å². The van der Waals surface area contributed by atoms with Crippen molar-refractivity contribution < 1.29 is 14.7 Å². The first-order valence-electron chi connectivity index (χ1n) is 9.42. The molecule has 2 aromatic carbocycles. The van der Waals surface area contributed by atoms with Gasteiger partial charge in [-0.05, 0) is 61.4 Å². The maximum Gasteiger partial charge on any atom is 0.300 e. The fourth-order valence-electron chi connectivity index (χ4n) is 3.72. The third kappa shape index (κ3) is 3.44. The number of carbonyl (C=O) groups excluding carboxylic acids is 2. The molecule has 1 amide bonds. The van der Waals surface area contributed by atoms with E-state index in [-0.39, 0.29) is 11.3 Å². The predicted octanol–water partition coefficient (Wildman–Crippen LogP) is 5.09. The van der Waals surface area contributed by atoms with Crippen LogP contribution in [0.5, 0.6) is 0 Å². The Labute approximate surface area is 182 Å². The summed E-state index contributed by atoms with van der Waals surface area (Å²) in [5.41, 5.74) is 3.63. The number of amides is 1. The molecule has 1 fully saturated rings. The average molecular weight is 463 g/mol. The summed E-state index contributed by atoms with van der Waals surface area (Å²) in [6.07, 6.45) is 3.21. The molecule has 1 N–H and O–H groups in total. The molecule has 4 rings (SSSR count). The van der Waals surface area contributed by atoms with Gasteiger partial charge in [-0.15, -0.1) is 0 Å². The number of aliphatic hydroxyl groups excluding tert-OH is 1. The minimum absolute atomic E-state index is 0.0693. The summed E-state index contributed by atoms with van der Waals surface area (Å²) in [7, 11) is 0. The maximum absolute atomic E-state index is 13.1. The number of aryl methyl sites for hydroxylation is 2. The van der Waals surface area contributed by atoms with Crippen LogP contribution in [0.15, 0.2) is 77.0 Å². The second-order valence-electron chi connectivity index (χ2n) is 7.25. The van der Waals surface area contributed by atoms with Gasteiger partial charge in [-0.25, -0.2) is 0 Å². The lowest BCUT2D eigenvalue weighted by Crippen LogP contribution is -2.29. The lowest BCUT2D eigenvalue weighted by molar-refractivity contribution is -0.132. The Morgan fingerprint density at radius 2 is 1.77 bits per heavy atom. The highest BCUT2D eigenvalue weighted by Gasteiger charge is 2.47. The Kier molecular flexibility index (Phi) is 5.26. The molecule has 1 atom stereocenters. The number of nitrogens with zero attached hydrogens (tertiary/aromatic N) is 2. The molecule has 6 heteroatoms. The summed E-state index contributed by atoms with van der Waals surface area (Å²) >= 11 is 3.42. The summed E-state index contributed by atoms with van der Waals surface area (Å²) in [5.74, 6) is -1.56. The van der Waals surface area contributed by atoms with Gasteiger partial charge in [0.15, 0.2) is 0 Å². The van der Waals surface area contributed by atoms with Crippen molar-refractivity contribution >= 4 is 39.1 Å². The monoisotopic (exact) mass is 462 g/mol. The van der Waals surface area contributed by atoms with Crippen LogP contribution in [0, 0.1) is 13.8 Å². The minimum Gasteiger partial charge on any atom is -0.507 e. The van der Waals surface area contributed by atoms with Gasteiger partial charge in [0.25, 0.3) is 11.7 Å². The van der Waals surface area contributed by atoms with E-state index in [0.717, 1.165) is 15.6 Å². The summed E-state index contributed by atoms with van der Waals surface area (Å²) in [6.45, 7) is 3.77. The Morgan fingerprint density at radius 1 is 1.03 bits per heavy atom. The number of halogens is 1. The molecule has 1 aromatic heterocycles. The van der Waals surface area contributed by atoms with Crippen molar-refractivity contribution in [2.24, 2.45) is 0 Å². The van der Waals surface area contributed by atoms with E-state index in [0.29, 0.717) is 16.8 Å². The van der Waals surface area contributed by atoms with Crippen molar-refractivity contribution in [1.29, 1.82) is 0 Å². The number of rotatable bonds is 3. The third-order valence-corrected chi connectivity index (χ3v) is 5.69. The molecule has 1 aliphatic heterocycles. The number of Topliss-reactive ketones (excluding diaryl/α,β-unsaturated/α-hetero) is 1. The maximum atomic E-state index is 13.1. The fraction of sp³-hybridized carbons (Fsp3) is 0.125. The topological polar surface area (TPSA) is 70.5 Å². The van der Waals surface area contributed by atoms with Crippen molar-refractivity contribution in [3.05, 3.63) is 99.3 Å². The number of pyridine rings is 1. The standard InChI is InChI=1S/C24H19BrN2O3/c1-14-6-7-15(2)19(12-14)22(28)20-21(16-8-10-26-11-9-16)27(24(30)23(20)29)18-5-3-4-17(25)13-18/h3-13,21,28H,1-2H3/b22-20+. The van der Waals surface area contributed by atoms with Crippen LogP contribution in [0.25, 0.3) is 5.76 Å². The quantitative estimate of drug-likeness (QED) is 0.334. The lowest BCUT2D eigenvalue weighted by atomic mass is 9.93. The van der Waals surface area contributed by atoms with E-state index < -0.39 is 17.7 Å². The smallest absolute Gasteiger partial charge is 0.300 e. The molecule has 1 aliphatic rings. The Bertz CT molecular complexity index is 1190. The molecule has 0 spiro atoms. The number of anilines is 1. The number of ketones is 1. The summed E-state index contributed by atoms with van der Waals surface area (Å²) in [5, 5.41) is 11.2. The first kappa shape index (κ1) is 20.0. The molecule has 0 bridgehead atoms. The van der Waals surface area contributed by atoms with E-state index in [2.05, 4.69) is 20.9 Å². The number of hydrogen-bond acceptors (Lipinski definition) is 4. The van der Waals surface area contributed by atoms with Crippen LogP contribution in [-0.2, 0) is 9.59 Å². The van der Waals surface area contributed by atoms with Gasteiger partial charge < -0.3 is 5.11 Å². The molecule has 1 saturated heterocycles. The Hall–Kier alpha value is -3.25. The minimum atomic E-state index is -0.762.